The Hall–Kier alpha value is -1.59. The summed E-state index contributed by atoms with van der Waals surface area (Å²) in [6.07, 6.45) is 1.50. The van der Waals surface area contributed by atoms with Gasteiger partial charge in [0.2, 0.25) is 0 Å². The van der Waals surface area contributed by atoms with Crippen molar-refractivity contribution in [1.82, 2.24) is 4.98 Å². The number of nitrogens with one attached hydrogen (secondary N) is 1. The highest BCUT2D eigenvalue weighted by molar-refractivity contribution is 9.10. The molecule has 0 bridgehead atoms. The van der Waals surface area contributed by atoms with Gasteiger partial charge in [0.15, 0.2) is 0 Å². The summed E-state index contributed by atoms with van der Waals surface area (Å²) in [6, 6.07) is 6.82. The van der Waals surface area contributed by atoms with Crippen molar-refractivity contribution < 1.29 is 4.79 Å². The van der Waals surface area contributed by atoms with Crippen LogP contribution in [0.3, 0.4) is 0 Å². The number of hydrogen-bond acceptors (Lipinski definition) is 3. The molecule has 4 nitrogen and oxygen atoms in total. The number of rotatable bonds is 2. The molecular formula is C13H11BrClN3O. The highest BCUT2D eigenvalue weighted by atomic mass is 79.9. The number of nitrogens with two attached hydrogens (primary N) is 1. The van der Waals surface area contributed by atoms with Gasteiger partial charge in [-0.2, -0.15) is 0 Å². The molecule has 0 fully saturated rings. The molecule has 98 valence electrons. The lowest BCUT2D eigenvalue weighted by Crippen LogP contribution is -2.12. The van der Waals surface area contributed by atoms with Crippen LogP contribution in [0.25, 0.3) is 0 Å². The Kier molecular flexibility index (Phi) is 4.07. The minimum atomic E-state index is -0.223. The monoisotopic (exact) mass is 339 g/mol. The molecule has 1 amide bonds. The van der Waals surface area contributed by atoms with Crippen LogP contribution in [0.5, 0.6) is 0 Å². The number of carbonyl (C=O) groups is 1. The Morgan fingerprint density at radius 1 is 1.42 bits per heavy atom. The molecule has 0 radical (unpaired) electrons. The number of aryl methyl sites for hydroxylation is 1. The van der Waals surface area contributed by atoms with Gasteiger partial charge in [-0.15, -0.1) is 0 Å². The van der Waals surface area contributed by atoms with Crippen molar-refractivity contribution in [2.24, 2.45) is 0 Å². The van der Waals surface area contributed by atoms with E-state index in [4.69, 9.17) is 17.3 Å². The number of halogens is 2. The summed E-state index contributed by atoms with van der Waals surface area (Å²) in [6.45, 7) is 1.85. The molecule has 1 heterocycles. The minimum Gasteiger partial charge on any atom is -0.399 e. The van der Waals surface area contributed by atoms with Gasteiger partial charge in [0.05, 0.1) is 16.4 Å². The zero-order valence-electron chi connectivity index (χ0n) is 10.1. The third-order valence-corrected chi connectivity index (χ3v) is 3.72. The summed E-state index contributed by atoms with van der Waals surface area (Å²) in [5.41, 5.74) is 8.34. The maximum atomic E-state index is 12.0. The van der Waals surface area contributed by atoms with Crippen molar-refractivity contribution in [3.8, 4) is 0 Å². The van der Waals surface area contributed by atoms with Gasteiger partial charge in [0, 0.05) is 11.3 Å². The summed E-state index contributed by atoms with van der Waals surface area (Å²) in [5, 5.41) is 3.09. The molecule has 3 N–H and O–H groups in total. The minimum absolute atomic E-state index is 0.223. The second kappa shape index (κ2) is 5.59. The van der Waals surface area contributed by atoms with Crippen molar-refractivity contribution in [2.45, 2.75) is 6.92 Å². The van der Waals surface area contributed by atoms with Crippen molar-refractivity contribution in [3.63, 3.8) is 0 Å². The van der Waals surface area contributed by atoms with Gasteiger partial charge in [-0.25, -0.2) is 4.98 Å². The zero-order chi connectivity index (χ0) is 14.0. The van der Waals surface area contributed by atoms with E-state index in [2.05, 4.69) is 26.2 Å². The van der Waals surface area contributed by atoms with Crippen LogP contribution >= 0.6 is 27.5 Å². The van der Waals surface area contributed by atoms with E-state index in [0.717, 1.165) is 5.56 Å². The van der Waals surface area contributed by atoms with E-state index < -0.39 is 0 Å². The molecule has 2 rings (SSSR count). The van der Waals surface area contributed by atoms with Gasteiger partial charge in [-0.3, -0.25) is 4.79 Å². The summed E-state index contributed by atoms with van der Waals surface area (Å²) in [5.74, 6) is -0.223. The van der Waals surface area contributed by atoms with E-state index in [1.807, 2.05) is 6.92 Å². The van der Waals surface area contributed by atoms with Crippen molar-refractivity contribution in [1.29, 1.82) is 0 Å². The van der Waals surface area contributed by atoms with Crippen LogP contribution in [-0.4, -0.2) is 10.9 Å². The van der Waals surface area contributed by atoms with Crippen LogP contribution in [-0.2, 0) is 0 Å². The molecule has 0 saturated carbocycles. The fourth-order valence-corrected chi connectivity index (χ4v) is 1.96. The number of aromatic nitrogens is 1. The van der Waals surface area contributed by atoms with Gasteiger partial charge >= 0.3 is 0 Å². The summed E-state index contributed by atoms with van der Waals surface area (Å²) >= 11 is 9.04. The molecule has 0 saturated heterocycles. The molecule has 0 spiro atoms. The average Bonchev–Trinajstić information content (AvgIpc) is 2.37. The highest BCUT2D eigenvalue weighted by Crippen LogP contribution is 2.23. The number of nitrogens with zero attached hydrogens (tertiary/aromatic N) is 1. The number of benzene rings is 1. The third-order valence-electron chi connectivity index (χ3n) is 2.59. The number of anilines is 2. The first-order chi connectivity index (χ1) is 8.97. The van der Waals surface area contributed by atoms with Crippen LogP contribution in [0.15, 0.2) is 34.9 Å². The topological polar surface area (TPSA) is 68.0 Å². The van der Waals surface area contributed by atoms with Gasteiger partial charge in [0.25, 0.3) is 5.91 Å². The SMILES string of the molecule is Cc1cc(C(=O)Nc2cnc(Cl)c(Br)c2)ccc1N. The average molecular weight is 341 g/mol. The fraction of sp³-hybridized carbons (Fsp3) is 0.0769. The second-order valence-electron chi connectivity index (χ2n) is 4.02. The van der Waals surface area contributed by atoms with E-state index in [-0.39, 0.29) is 5.91 Å². The Bertz CT molecular complexity index is 646. The molecule has 0 atom stereocenters. The smallest absolute Gasteiger partial charge is 0.255 e. The van der Waals surface area contributed by atoms with Crippen LogP contribution in [0.1, 0.15) is 15.9 Å². The first-order valence-electron chi connectivity index (χ1n) is 5.46. The summed E-state index contributed by atoms with van der Waals surface area (Å²) in [7, 11) is 0. The maximum absolute atomic E-state index is 12.0. The zero-order valence-corrected chi connectivity index (χ0v) is 12.4. The molecule has 2 aromatic rings. The quantitative estimate of drug-likeness (QED) is 0.648. The second-order valence-corrected chi connectivity index (χ2v) is 5.23. The van der Waals surface area contributed by atoms with Gasteiger partial charge in [0.1, 0.15) is 5.15 Å². The number of hydrogen-bond donors (Lipinski definition) is 2. The normalized spacial score (nSPS) is 10.3. The number of nitrogen functional groups attached to an aromatic ring is 1. The lowest BCUT2D eigenvalue weighted by Gasteiger charge is -2.07. The molecule has 19 heavy (non-hydrogen) atoms. The van der Waals surface area contributed by atoms with Gasteiger partial charge in [-0.1, -0.05) is 11.6 Å². The van der Waals surface area contributed by atoms with Gasteiger partial charge in [-0.05, 0) is 52.7 Å². The Balaban J connectivity index is 2.20. The van der Waals surface area contributed by atoms with E-state index >= 15 is 0 Å². The fourth-order valence-electron chi connectivity index (χ4n) is 1.51. The van der Waals surface area contributed by atoms with E-state index in [1.54, 1.807) is 24.3 Å². The van der Waals surface area contributed by atoms with E-state index in [0.29, 0.717) is 26.6 Å². The Labute approximate surface area is 124 Å². The van der Waals surface area contributed by atoms with Crippen LogP contribution in [0.4, 0.5) is 11.4 Å². The molecule has 6 heteroatoms. The lowest BCUT2D eigenvalue weighted by molar-refractivity contribution is 0.102. The van der Waals surface area contributed by atoms with Crippen molar-refractivity contribution in [2.75, 3.05) is 11.1 Å². The summed E-state index contributed by atoms with van der Waals surface area (Å²) < 4.78 is 0.625. The number of pyridine rings is 1. The first kappa shape index (κ1) is 13.8. The summed E-state index contributed by atoms with van der Waals surface area (Å²) in [4.78, 5) is 16.0. The first-order valence-corrected chi connectivity index (χ1v) is 6.63. The van der Waals surface area contributed by atoms with Crippen molar-refractivity contribution >= 4 is 44.8 Å². The Morgan fingerprint density at radius 2 is 2.16 bits per heavy atom. The molecule has 0 aliphatic rings. The molecule has 0 aliphatic heterocycles. The molecular weight excluding hydrogens is 330 g/mol. The van der Waals surface area contributed by atoms with E-state index in [9.17, 15) is 4.79 Å². The Morgan fingerprint density at radius 3 is 2.79 bits per heavy atom. The molecule has 0 unspecified atom stereocenters. The van der Waals surface area contributed by atoms with Crippen LogP contribution < -0.4 is 11.1 Å². The highest BCUT2D eigenvalue weighted by Gasteiger charge is 2.08. The molecule has 0 aliphatic carbocycles. The van der Waals surface area contributed by atoms with E-state index in [1.165, 1.54) is 6.20 Å². The standard InChI is InChI=1S/C13H11BrClN3O/c1-7-4-8(2-3-11(7)16)13(19)18-9-5-10(14)12(15)17-6-9/h2-6H,16H2,1H3,(H,18,19). The van der Waals surface area contributed by atoms with Crippen LogP contribution in [0, 0.1) is 6.92 Å². The van der Waals surface area contributed by atoms with Crippen LogP contribution in [0.2, 0.25) is 5.15 Å². The molecule has 1 aromatic heterocycles. The lowest BCUT2D eigenvalue weighted by atomic mass is 10.1. The number of amides is 1. The predicted molar refractivity (Wildman–Crippen MR) is 80.5 cm³/mol. The van der Waals surface area contributed by atoms with Crippen molar-refractivity contribution in [3.05, 3.63) is 51.2 Å². The third kappa shape index (κ3) is 3.24. The predicted octanol–water partition coefficient (Wildman–Crippen LogP) is 3.64. The number of carbonyl (C=O) groups excluding carboxylic acids is 1. The largest absolute Gasteiger partial charge is 0.399 e. The molecule has 1 aromatic carbocycles. The van der Waals surface area contributed by atoms with Gasteiger partial charge < -0.3 is 11.1 Å². The maximum Gasteiger partial charge on any atom is 0.255 e.